The number of halogens is 4. The summed E-state index contributed by atoms with van der Waals surface area (Å²) in [6.07, 6.45) is -3.00. The summed E-state index contributed by atoms with van der Waals surface area (Å²) < 4.78 is 41.2. The molecule has 0 fully saturated rings. The SMILES string of the molecule is OCC(O)CNc1ccc(-n2nc(C(F)(F)F)c3c2CCCC3)c(Cl)c1. The molecule has 3 N–H and O–H groups in total. The molecule has 5 nitrogen and oxygen atoms in total. The standard InChI is InChI=1S/C17H19ClF3N3O2/c18-13-7-10(22-8-11(26)9-25)5-6-15(13)24-14-4-2-1-3-12(14)16(23-24)17(19,20)21/h5-7,11,22,25-26H,1-4,8-9H2. The summed E-state index contributed by atoms with van der Waals surface area (Å²) in [5.74, 6) is 0. The zero-order chi connectivity index (χ0) is 18.9. The minimum Gasteiger partial charge on any atom is -0.394 e. The Morgan fingerprint density at radius 3 is 2.65 bits per heavy atom. The fourth-order valence-corrected chi connectivity index (χ4v) is 3.38. The number of anilines is 1. The van der Waals surface area contributed by atoms with Gasteiger partial charge in [-0.05, 0) is 43.9 Å². The van der Waals surface area contributed by atoms with E-state index in [1.807, 2.05) is 0 Å². The molecule has 0 radical (unpaired) electrons. The third-order valence-corrected chi connectivity index (χ3v) is 4.68. The first-order chi connectivity index (χ1) is 12.3. The van der Waals surface area contributed by atoms with Crippen LogP contribution in [0.4, 0.5) is 18.9 Å². The van der Waals surface area contributed by atoms with Crippen molar-refractivity contribution in [1.82, 2.24) is 9.78 Å². The van der Waals surface area contributed by atoms with Gasteiger partial charge in [0.25, 0.3) is 0 Å². The Balaban J connectivity index is 1.95. The van der Waals surface area contributed by atoms with Crippen molar-refractivity contribution in [2.45, 2.75) is 38.0 Å². The van der Waals surface area contributed by atoms with Crippen LogP contribution in [0.3, 0.4) is 0 Å². The minimum absolute atomic E-state index is 0.127. The van der Waals surface area contributed by atoms with Crippen molar-refractivity contribution in [3.63, 3.8) is 0 Å². The number of aliphatic hydroxyl groups excluding tert-OH is 2. The van der Waals surface area contributed by atoms with E-state index in [0.717, 1.165) is 6.42 Å². The van der Waals surface area contributed by atoms with Gasteiger partial charge in [-0.1, -0.05) is 11.6 Å². The lowest BCUT2D eigenvalue weighted by Crippen LogP contribution is -2.22. The zero-order valence-corrected chi connectivity index (χ0v) is 14.6. The van der Waals surface area contributed by atoms with Crippen LogP contribution in [0.5, 0.6) is 0 Å². The van der Waals surface area contributed by atoms with Crippen LogP contribution in [-0.4, -0.2) is 39.2 Å². The van der Waals surface area contributed by atoms with Gasteiger partial charge in [0.05, 0.1) is 23.4 Å². The quantitative estimate of drug-likeness (QED) is 0.734. The number of benzene rings is 1. The van der Waals surface area contributed by atoms with E-state index in [-0.39, 0.29) is 23.7 Å². The third kappa shape index (κ3) is 3.82. The second kappa shape index (κ2) is 7.46. The van der Waals surface area contributed by atoms with E-state index in [0.29, 0.717) is 36.3 Å². The fraction of sp³-hybridized carbons (Fsp3) is 0.471. The largest absolute Gasteiger partial charge is 0.435 e. The molecule has 1 unspecified atom stereocenters. The molecule has 0 spiro atoms. The number of aliphatic hydroxyl groups is 2. The van der Waals surface area contributed by atoms with Crippen LogP contribution >= 0.6 is 11.6 Å². The normalized spacial score (nSPS) is 15.6. The Morgan fingerprint density at radius 2 is 2.00 bits per heavy atom. The molecule has 0 aliphatic heterocycles. The number of hydrogen-bond donors (Lipinski definition) is 3. The average molecular weight is 390 g/mol. The van der Waals surface area contributed by atoms with E-state index >= 15 is 0 Å². The van der Waals surface area contributed by atoms with Crippen molar-refractivity contribution >= 4 is 17.3 Å². The lowest BCUT2D eigenvalue weighted by atomic mass is 9.95. The van der Waals surface area contributed by atoms with Crippen LogP contribution in [0.15, 0.2) is 18.2 Å². The third-order valence-electron chi connectivity index (χ3n) is 4.38. The van der Waals surface area contributed by atoms with Gasteiger partial charge in [-0.15, -0.1) is 0 Å². The molecule has 1 aliphatic rings. The van der Waals surface area contributed by atoms with Crippen molar-refractivity contribution in [2.24, 2.45) is 0 Å². The number of aromatic nitrogens is 2. The molecule has 0 bridgehead atoms. The van der Waals surface area contributed by atoms with Crippen molar-refractivity contribution < 1.29 is 23.4 Å². The second-order valence-electron chi connectivity index (χ2n) is 6.27. The Labute approximate surface area is 153 Å². The Hall–Kier alpha value is -1.77. The van der Waals surface area contributed by atoms with Crippen LogP contribution < -0.4 is 5.32 Å². The summed E-state index contributed by atoms with van der Waals surface area (Å²) in [5, 5.41) is 25.2. The molecule has 142 valence electrons. The van der Waals surface area contributed by atoms with Gasteiger partial charge in [0.2, 0.25) is 0 Å². The Kier molecular flexibility index (Phi) is 5.45. The van der Waals surface area contributed by atoms with E-state index in [1.54, 1.807) is 18.2 Å². The van der Waals surface area contributed by atoms with Crippen LogP contribution in [0.2, 0.25) is 5.02 Å². The van der Waals surface area contributed by atoms with Crippen molar-refractivity contribution in [2.75, 3.05) is 18.5 Å². The molecule has 1 heterocycles. The Morgan fingerprint density at radius 1 is 1.27 bits per heavy atom. The van der Waals surface area contributed by atoms with Crippen LogP contribution in [-0.2, 0) is 19.0 Å². The van der Waals surface area contributed by atoms with Crippen molar-refractivity contribution in [3.8, 4) is 5.69 Å². The number of alkyl halides is 3. The minimum atomic E-state index is -4.50. The summed E-state index contributed by atoms with van der Waals surface area (Å²) >= 11 is 6.29. The van der Waals surface area contributed by atoms with Crippen LogP contribution in [0.25, 0.3) is 5.69 Å². The van der Waals surface area contributed by atoms with Crippen molar-refractivity contribution in [3.05, 3.63) is 40.2 Å². The lowest BCUT2D eigenvalue weighted by Gasteiger charge is -2.16. The first-order valence-electron chi connectivity index (χ1n) is 8.32. The van der Waals surface area contributed by atoms with E-state index in [9.17, 15) is 18.3 Å². The van der Waals surface area contributed by atoms with E-state index in [2.05, 4.69) is 10.4 Å². The average Bonchev–Trinajstić information content (AvgIpc) is 2.99. The number of hydrogen-bond acceptors (Lipinski definition) is 4. The summed E-state index contributed by atoms with van der Waals surface area (Å²) in [6.45, 7) is -0.250. The molecule has 0 saturated heterocycles. The fourth-order valence-electron chi connectivity index (χ4n) is 3.11. The molecule has 1 atom stereocenters. The maximum Gasteiger partial charge on any atom is 0.435 e. The molecule has 0 saturated carbocycles. The molecule has 3 rings (SSSR count). The predicted octanol–water partition coefficient (Wildman–Crippen LogP) is 3.19. The van der Waals surface area contributed by atoms with Crippen LogP contribution in [0.1, 0.15) is 29.8 Å². The monoisotopic (exact) mass is 389 g/mol. The summed E-state index contributed by atoms with van der Waals surface area (Å²) in [4.78, 5) is 0. The number of fused-ring (bicyclic) bond motifs is 1. The van der Waals surface area contributed by atoms with E-state index < -0.39 is 18.0 Å². The van der Waals surface area contributed by atoms with Gasteiger partial charge in [0.15, 0.2) is 5.69 Å². The molecule has 9 heteroatoms. The van der Waals surface area contributed by atoms with Gasteiger partial charge in [-0.3, -0.25) is 0 Å². The number of rotatable bonds is 5. The highest BCUT2D eigenvalue weighted by Gasteiger charge is 2.39. The van der Waals surface area contributed by atoms with Gasteiger partial charge in [0, 0.05) is 23.5 Å². The topological polar surface area (TPSA) is 70.3 Å². The molecule has 1 aliphatic carbocycles. The van der Waals surface area contributed by atoms with E-state index in [4.69, 9.17) is 16.7 Å². The highest BCUT2D eigenvalue weighted by atomic mass is 35.5. The molecule has 1 aromatic heterocycles. The highest BCUT2D eigenvalue weighted by Crippen LogP contribution is 2.38. The summed E-state index contributed by atoms with van der Waals surface area (Å²) in [6, 6.07) is 4.80. The molecule has 0 amide bonds. The van der Waals surface area contributed by atoms with Gasteiger partial charge < -0.3 is 15.5 Å². The van der Waals surface area contributed by atoms with E-state index in [1.165, 1.54) is 4.68 Å². The smallest absolute Gasteiger partial charge is 0.394 e. The second-order valence-corrected chi connectivity index (χ2v) is 6.68. The Bertz CT molecular complexity index is 792. The first-order valence-corrected chi connectivity index (χ1v) is 8.69. The highest BCUT2D eigenvalue weighted by molar-refractivity contribution is 6.32. The molecule has 26 heavy (non-hydrogen) atoms. The molecule has 2 aromatic rings. The summed E-state index contributed by atoms with van der Waals surface area (Å²) in [5.41, 5.74) is 0.948. The van der Waals surface area contributed by atoms with Gasteiger partial charge in [0.1, 0.15) is 0 Å². The van der Waals surface area contributed by atoms with Gasteiger partial charge in [-0.25, -0.2) is 4.68 Å². The summed E-state index contributed by atoms with van der Waals surface area (Å²) in [7, 11) is 0. The van der Waals surface area contributed by atoms with Gasteiger partial charge >= 0.3 is 6.18 Å². The predicted molar refractivity (Wildman–Crippen MR) is 91.8 cm³/mol. The maximum atomic E-state index is 13.3. The van der Waals surface area contributed by atoms with Gasteiger partial charge in [-0.2, -0.15) is 18.3 Å². The number of nitrogens with zero attached hydrogens (tertiary/aromatic N) is 2. The van der Waals surface area contributed by atoms with Crippen molar-refractivity contribution in [1.29, 1.82) is 0 Å². The lowest BCUT2D eigenvalue weighted by molar-refractivity contribution is -0.142. The molecule has 1 aromatic carbocycles. The molecular weight excluding hydrogens is 371 g/mol. The maximum absolute atomic E-state index is 13.3. The molecular formula is C17H19ClF3N3O2. The zero-order valence-electron chi connectivity index (χ0n) is 13.9. The first kappa shape index (κ1) is 19.0. The number of nitrogens with one attached hydrogen (secondary N) is 1. The van der Waals surface area contributed by atoms with Crippen LogP contribution in [0, 0.1) is 0 Å².